The number of nitrogens with one attached hydrogen (secondary N) is 2. The Morgan fingerprint density at radius 1 is 1.17 bits per heavy atom. The van der Waals surface area contributed by atoms with Crippen molar-refractivity contribution in [1.82, 2.24) is 15.5 Å². The lowest BCUT2D eigenvalue weighted by Crippen LogP contribution is -2.48. The van der Waals surface area contributed by atoms with Crippen molar-refractivity contribution >= 4 is 12.0 Å². The molecule has 0 saturated heterocycles. The zero-order valence-electron chi connectivity index (χ0n) is 17.3. The zero-order chi connectivity index (χ0) is 21.1. The SMILES string of the molecule is CCOC(=O)C1=C(CN(Cc2ccccc2)C2CC2)NC(=O)NC1c1ccc(C)o1. The fraction of sp³-hybridized carbons (Fsp3) is 0.391. The maximum atomic E-state index is 12.9. The number of esters is 1. The molecular weight excluding hydrogens is 382 g/mol. The van der Waals surface area contributed by atoms with E-state index in [1.54, 1.807) is 13.0 Å². The molecular formula is C23H27N3O4. The third-order valence-electron chi connectivity index (χ3n) is 5.35. The highest BCUT2D eigenvalue weighted by Crippen LogP contribution is 2.33. The Hall–Kier alpha value is -3.06. The Balaban J connectivity index is 1.68. The van der Waals surface area contributed by atoms with Crippen LogP contribution in [0, 0.1) is 6.92 Å². The largest absolute Gasteiger partial charge is 0.464 e. The Morgan fingerprint density at radius 2 is 1.93 bits per heavy atom. The van der Waals surface area contributed by atoms with Gasteiger partial charge in [-0.15, -0.1) is 0 Å². The highest BCUT2D eigenvalue weighted by atomic mass is 16.5. The summed E-state index contributed by atoms with van der Waals surface area (Å²) in [6.07, 6.45) is 2.23. The maximum Gasteiger partial charge on any atom is 0.338 e. The smallest absolute Gasteiger partial charge is 0.338 e. The summed E-state index contributed by atoms with van der Waals surface area (Å²) in [6, 6.07) is 13.2. The summed E-state index contributed by atoms with van der Waals surface area (Å²) >= 11 is 0. The van der Waals surface area contributed by atoms with Gasteiger partial charge in [-0.2, -0.15) is 0 Å². The molecule has 2 amide bonds. The Kier molecular flexibility index (Phi) is 5.90. The predicted molar refractivity (Wildman–Crippen MR) is 111 cm³/mol. The van der Waals surface area contributed by atoms with Crippen molar-refractivity contribution < 1.29 is 18.7 Å². The molecule has 1 fully saturated rings. The minimum Gasteiger partial charge on any atom is -0.464 e. The molecule has 1 aromatic heterocycles. The van der Waals surface area contributed by atoms with Gasteiger partial charge in [0, 0.05) is 24.8 Å². The highest BCUT2D eigenvalue weighted by Gasteiger charge is 2.38. The van der Waals surface area contributed by atoms with Crippen LogP contribution >= 0.6 is 0 Å². The third kappa shape index (κ3) is 4.57. The molecule has 2 N–H and O–H groups in total. The van der Waals surface area contributed by atoms with E-state index in [-0.39, 0.29) is 12.6 Å². The number of hydrogen-bond donors (Lipinski definition) is 2. The van der Waals surface area contributed by atoms with Crippen molar-refractivity contribution in [3.05, 3.63) is 70.8 Å². The van der Waals surface area contributed by atoms with Crippen molar-refractivity contribution in [3.63, 3.8) is 0 Å². The van der Waals surface area contributed by atoms with Gasteiger partial charge in [0.15, 0.2) is 0 Å². The zero-order valence-corrected chi connectivity index (χ0v) is 17.3. The molecule has 30 heavy (non-hydrogen) atoms. The van der Waals surface area contributed by atoms with Gasteiger partial charge in [-0.1, -0.05) is 30.3 Å². The van der Waals surface area contributed by atoms with Crippen LogP contribution in [0.1, 0.15) is 42.9 Å². The first-order chi connectivity index (χ1) is 14.5. The van der Waals surface area contributed by atoms with Crippen LogP contribution in [0.4, 0.5) is 4.79 Å². The predicted octanol–water partition coefficient (Wildman–Crippen LogP) is 3.42. The van der Waals surface area contributed by atoms with Gasteiger partial charge in [0.25, 0.3) is 0 Å². The average Bonchev–Trinajstić information content (AvgIpc) is 3.48. The van der Waals surface area contributed by atoms with Crippen LogP contribution in [-0.4, -0.2) is 36.1 Å². The summed E-state index contributed by atoms with van der Waals surface area (Å²) in [5.74, 6) is 0.782. The van der Waals surface area contributed by atoms with Crippen LogP contribution in [0.25, 0.3) is 0 Å². The van der Waals surface area contributed by atoms with Gasteiger partial charge < -0.3 is 19.8 Å². The first-order valence-electron chi connectivity index (χ1n) is 10.4. The summed E-state index contributed by atoms with van der Waals surface area (Å²) in [5.41, 5.74) is 2.16. The molecule has 0 radical (unpaired) electrons. The molecule has 1 saturated carbocycles. The molecule has 2 aromatic rings. The minimum atomic E-state index is -0.681. The summed E-state index contributed by atoms with van der Waals surface area (Å²) in [7, 11) is 0. The number of ether oxygens (including phenoxy) is 1. The number of urea groups is 1. The van der Waals surface area contributed by atoms with E-state index in [4.69, 9.17) is 9.15 Å². The van der Waals surface area contributed by atoms with Crippen molar-refractivity contribution in [2.45, 2.75) is 45.3 Å². The maximum absolute atomic E-state index is 12.9. The molecule has 1 aliphatic heterocycles. The second-order valence-electron chi connectivity index (χ2n) is 7.71. The quantitative estimate of drug-likeness (QED) is 0.653. The van der Waals surface area contributed by atoms with Crippen molar-refractivity contribution in [3.8, 4) is 0 Å². The molecule has 7 heteroatoms. The lowest BCUT2D eigenvalue weighted by Gasteiger charge is -2.31. The van der Waals surface area contributed by atoms with E-state index in [2.05, 4.69) is 27.7 Å². The monoisotopic (exact) mass is 409 g/mol. The first-order valence-corrected chi connectivity index (χ1v) is 10.4. The lowest BCUT2D eigenvalue weighted by atomic mass is 9.99. The fourth-order valence-corrected chi connectivity index (χ4v) is 3.79. The van der Waals surface area contributed by atoms with Gasteiger partial charge in [-0.05, 0) is 44.4 Å². The summed E-state index contributed by atoms with van der Waals surface area (Å²) < 4.78 is 11.1. The van der Waals surface area contributed by atoms with E-state index >= 15 is 0 Å². The molecule has 2 heterocycles. The van der Waals surface area contributed by atoms with Gasteiger partial charge in [-0.25, -0.2) is 9.59 Å². The van der Waals surface area contributed by atoms with Crippen LogP contribution in [0.2, 0.25) is 0 Å². The number of nitrogens with zero attached hydrogens (tertiary/aromatic N) is 1. The van der Waals surface area contributed by atoms with Crippen LogP contribution in [0.5, 0.6) is 0 Å². The molecule has 1 aliphatic carbocycles. The van der Waals surface area contributed by atoms with E-state index < -0.39 is 12.0 Å². The van der Waals surface area contributed by atoms with E-state index in [1.165, 1.54) is 5.56 Å². The van der Waals surface area contributed by atoms with Gasteiger partial charge in [0.05, 0.1) is 12.2 Å². The number of hydrogen-bond acceptors (Lipinski definition) is 5. The normalized spacial score (nSPS) is 18.9. The van der Waals surface area contributed by atoms with Gasteiger partial charge in [0.1, 0.15) is 17.6 Å². The van der Waals surface area contributed by atoms with Crippen molar-refractivity contribution in [2.75, 3.05) is 13.2 Å². The number of aryl methyl sites for hydroxylation is 1. The molecule has 1 aromatic carbocycles. The minimum absolute atomic E-state index is 0.254. The van der Waals surface area contributed by atoms with Crippen molar-refractivity contribution in [2.24, 2.45) is 0 Å². The van der Waals surface area contributed by atoms with E-state index in [0.29, 0.717) is 35.4 Å². The lowest BCUT2D eigenvalue weighted by molar-refractivity contribution is -0.139. The Labute approximate surface area is 176 Å². The molecule has 7 nitrogen and oxygen atoms in total. The number of carbonyl (C=O) groups excluding carboxylic acids is 2. The Bertz CT molecular complexity index is 946. The summed E-state index contributed by atoms with van der Waals surface area (Å²) in [5, 5.41) is 5.67. The van der Waals surface area contributed by atoms with Gasteiger partial charge in [-0.3, -0.25) is 4.90 Å². The Morgan fingerprint density at radius 3 is 2.57 bits per heavy atom. The number of rotatable bonds is 8. The van der Waals surface area contributed by atoms with Gasteiger partial charge in [0.2, 0.25) is 0 Å². The van der Waals surface area contributed by atoms with E-state index in [0.717, 1.165) is 19.4 Å². The molecule has 0 spiro atoms. The van der Waals surface area contributed by atoms with Crippen LogP contribution in [0.3, 0.4) is 0 Å². The molecule has 4 rings (SSSR count). The van der Waals surface area contributed by atoms with Crippen LogP contribution < -0.4 is 10.6 Å². The fourth-order valence-electron chi connectivity index (χ4n) is 3.79. The van der Waals surface area contributed by atoms with E-state index in [1.807, 2.05) is 31.2 Å². The second-order valence-corrected chi connectivity index (χ2v) is 7.71. The molecule has 2 aliphatic rings. The van der Waals surface area contributed by atoms with Crippen LogP contribution in [0.15, 0.2) is 58.2 Å². The summed E-state index contributed by atoms with van der Waals surface area (Å²) in [4.78, 5) is 27.7. The van der Waals surface area contributed by atoms with Crippen molar-refractivity contribution in [1.29, 1.82) is 0 Å². The van der Waals surface area contributed by atoms with Crippen LogP contribution in [-0.2, 0) is 16.1 Å². The number of furan rings is 1. The highest BCUT2D eigenvalue weighted by molar-refractivity contribution is 5.95. The van der Waals surface area contributed by atoms with Gasteiger partial charge >= 0.3 is 12.0 Å². The molecule has 158 valence electrons. The summed E-state index contributed by atoms with van der Waals surface area (Å²) in [6.45, 7) is 5.06. The second kappa shape index (κ2) is 8.75. The number of amides is 2. The molecule has 0 bridgehead atoms. The first kappa shape index (κ1) is 20.2. The standard InChI is InChI=1S/C23H27N3O4/c1-3-29-22(27)20-18(24-23(28)25-21(20)19-12-9-15(2)30-19)14-26(17-10-11-17)13-16-7-5-4-6-8-16/h4-9,12,17,21H,3,10-11,13-14H2,1-2H3,(H2,24,25,28). The topological polar surface area (TPSA) is 83.8 Å². The average molecular weight is 409 g/mol. The van der Waals surface area contributed by atoms with E-state index in [9.17, 15) is 9.59 Å². The molecule has 1 atom stereocenters. The number of carbonyl (C=O) groups is 2. The third-order valence-corrected chi connectivity index (χ3v) is 5.35. The molecule has 1 unspecified atom stereocenters. The number of benzene rings is 1.